The van der Waals surface area contributed by atoms with E-state index >= 15 is 0 Å². The fourth-order valence-electron chi connectivity index (χ4n) is 3.31. The van der Waals surface area contributed by atoms with E-state index in [1.54, 1.807) is 0 Å². The van der Waals surface area contributed by atoms with E-state index in [1.807, 2.05) is 66.5 Å². The summed E-state index contributed by atoms with van der Waals surface area (Å²) in [7, 11) is 1.88. The van der Waals surface area contributed by atoms with Crippen LogP contribution in [0, 0.1) is 0 Å². The number of para-hydroxylation sites is 2. The molecule has 2 aromatic rings. The standard InChI is InChI=1S/C21H25N3OS/c1-24(21(26)23-17-12-6-3-7-13-17)19-15-9-8-14-18(19)20(25)22-16-10-4-2-5-11-16/h3,6-9,12-16H,2,4-5,10-11H2,1H3,(H,22,25)(H,23,26). The maximum absolute atomic E-state index is 12.8. The van der Waals surface area contributed by atoms with Crippen molar-refractivity contribution < 1.29 is 4.79 Å². The summed E-state index contributed by atoms with van der Waals surface area (Å²) in [6, 6.07) is 17.7. The number of nitrogens with one attached hydrogen (secondary N) is 2. The van der Waals surface area contributed by atoms with Gasteiger partial charge in [0.1, 0.15) is 0 Å². The molecule has 1 fully saturated rings. The first kappa shape index (κ1) is 18.4. The minimum atomic E-state index is -0.0261. The third-order valence-electron chi connectivity index (χ3n) is 4.78. The highest BCUT2D eigenvalue weighted by Gasteiger charge is 2.20. The molecule has 0 aliphatic heterocycles. The minimum Gasteiger partial charge on any atom is -0.349 e. The molecule has 0 unspecified atom stereocenters. The smallest absolute Gasteiger partial charge is 0.253 e. The maximum atomic E-state index is 12.8. The molecule has 136 valence electrons. The Hall–Kier alpha value is -2.40. The Morgan fingerprint density at radius 2 is 1.65 bits per heavy atom. The van der Waals surface area contributed by atoms with Gasteiger partial charge in [0.05, 0.1) is 11.3 Å². The van der Waals surface area contributed by atoms with Gasteiger partial charge in [-0.1, -0.05) is 49.6 Å². The predicted octanol–water partition coefficient (Wildman–Crippen LogP) is 4.58. The molecule has 1 saturated carbocycles. The second kappa shape index (κ2) is 8.81. The van der Waals surface area contributed by atoms with Crippen molar-refractivity contribution in [2.75, 3.05) is 17.3 Å². The second-order valence-electron chi connectivity index (χ2n) is 6.68. The first-order chi connectivity index (χ1) is 12.6. The lowest BCUT2D eigenvalue weighted by molar-refractivity contribution is 0.0928. The van der Waals surface area contributed by atoms with Crippen molar-refractivity contribution in [3.8, 4) is 0 Å². The van der Waals surface area contributed by atoms with E-state index in [0.29, 0.717) is 10.7 Å². The normalized spacial score (nSPS) is 14.5. The van der Waals surface area contributed by atoms with Crippen LogP contribution in [0.25, 0.3) is 0 Å². The Bertz CT molecular complexity index is 757. The first-order valence-corrected chi connectivity index (χ1v) is 9.55. The van der Waals surface area contributed by atoms with Crippen LogP contribution in [0.5, 0.6) is 0 Å². The highest BCUT2D eigenvalue weighted by Crippen LogP contribution is 2.22. The Kier molecular flexibility index (Phi) is 6.23. The largest absolute Gasteiger partial charge is 0.349 e. The van der Waals surface area contributed by atoms with Gasteiger partial charge < -0.3 is 15.5 Å². The number of benzene rings is 2. The fraction of sp³-hybridized carbons (Fsp3) is 0.333. The molecule has 2 aromatic carbocycles. The number of amides is 1. The molecule has 1 aliphatic rings. The summed E-state index contributed by atoms with van der Waals surface area (Å²) in [6.45, 7) is 0. The summed E-state index contributed by atoms with van der Waals surface area (Å²) >= 11 is 5.53. The molecule has 0 bridgehead atoms. The zero-order valence-electron chi connectivity index (χ0n) is 15.1. The molecule has 0 radical (unpaired) electrons. The molecule has 0 aromatic heterocycles. The van der Waals surface area contributed by atoms with Gasteiger partial charge in [-0.2, -0.15) is 0 Å². The lowest BCUT2D eigenvalue weighted by Crippen LogP contribution is -2.38. The first-order valence-electron chi connectivity index (χ1n) is 9.15. The van der Waals surface area contributed by atoms with Crippen LogP contribution in [0.3, 0.4) is 0 Å². The monoisotopic (exact) mass is 367 g/mol. The zero-order chi connectivity index (χ0) is 18.4. The molecule has 0 spiro atoms. The van der Waals surface area contributed by atoms with Crippen molar-refractivity contribution in [1.29, 1.82) is 0 Å². The summed E-state index contributed by atoms with van der Waals surface area (Å²) in [5.41, 5.74) is 2.38. The van der Waals surface area contributed by atoms with Crippen molar-refractivity contribution in [1.82, 2.24) is 5.32 Å². The van der Waals surface area contributed by atoms with Gasteiger partial charge in [0.2, 0.25) is 0 Å². The van der Waals surface area contributed by atoms with Crippen LogP contribution in [-0.2, 0) is 0 Å². The molecule has 5 heteroatoms. The topological polar surface area (TPSA) is 44.4 Å². The Balaban J connectivity index is 1.73. The summed E-state index contributed by atoms with van der Waals surface area (Å²) in [4.78, 5) is 14.7. The average Bonchev–Trinajstić information content (AvgIpc) is 2.69. The van der Waals surface area contributed by atoms with Crippen LogP contribution in [0.4, 0.5) is 11.4 Å². The predicted molar refractivity (Wildman–Crippen MR) is 112 cm³/mol. The van der Waals surface area contributed by atoms with E-state index in [1.165, 1.54) is 19.3 Å². The third kappa shape index (κ3) is 4.61. The van der Waals surface area contributed by atoms with Gasteiger partial charge in [-0.05, 0) is 49.3 Å². The molecule has 0 atom stereocenters. The Morgan fingerprint density at radius 1 is 1.00 bits per heavy atom. The van der Waals surface area contributed by atoms with Crippen molar-refractivity contribution in [2.24, 2.45) is 0 Å². The lowest BCUT2D eigenvalue weighted by atomic mass is 9.95. The van der Waals surface area contributed by atoms with Crippen LogP contribution in [0.2, 0.25) is 0 Å². The van der Waals surface area contributed by atoms with Gasteiger partial charge >= 0.3 is 0 Å². The molecule has 2 N–H and O–H groups in total. The van der Waals surface area contributed by atoms with Crippen LogP contribution < -0.4 is 15.5 Å². The third-order valence-corrected chi connectivity index (χ3v) is 5.16. The summed E-state index contributed by atoms with van der Waals surface area (Å²) < 4.78 is 0. The van der Waals surface area contributed by atoms with Crippen LogP contribution in [-0.4, -0.2) is 24.1 Å². The van der Waals surface area contributed by atoms with Gasteiger partial charge in [0.25, 0.3) is 5.91 Å². The lowest BCUT2D eigenvalue weighted by Gasteiger charge is -2.26. The number of rotatable bonds is 4. The van der Waals surface area contributed by atoms with Gasteiger partial charge in [-0.25, -0.2) is 0 Å². The highest BCUT2D eigenvalue weighted by atomic mass is 32.1. The zero-order valence-corrected chi connectivity index (χ0v) is 15.9. The highest BCUT2D eigenvalue weighted by molar-refractivity contribution is 7.80. The number of carbonyl (C=O) groups excluding carboxylic acids is 1. The number of hydrogen-bond acceptors (Lipinski definition) is 2. The van der Waals surface area contributed by atoms with E-state index in [4.69, 9.17) is 12.2 Å². The van der Waals surface area contributed by atoms with Crippen LogP contribution >= 0.6 is 12.2 Å². The Labute approximate surface area is 160 Å². The van der Waals surface area contributed by atoms with Gasteiger partial charge in [0.15, 0.2) is 5.11 Å². The molecule has 0 heterocycles. The van der Waals surface area contributed by atoms with E-state index in [2.05, 4.69) is 10.6 Å². The molecular weight excluding hydrogens is 342 g/mol. The number of nitrogens with zero attached hydrogens (tertiary/aromatic N) is 1. The maximum Gasteiger partial charge on any atom is 0.253 e. The minimum absolute atomic E-state index is 0.0261. The van der Waals surface area contributed by atoms with Gasteiger partial charge in [-0.15, -0.1) is 0 Å². The van der Waals surface area contributed by atoms with Crippen molar-refractivity contribution in [3.05, 3.63) is 60.2 Å². The summed E-state index contributed by atoms with van der Waals surface area (Å²) in [5, 5.41) is 6.95. The number of thiocarbonyl (C=S) groups is 1. The second-order valence-corrected chi connectivity index (χ2v) is 7.07. The summed E-state index contributed by atoms with van der Waals surface area (Å²) in [5.74, 6) is -0.0261. The van der Waals surface area contributed by atoms with Crippen LogP contribution in [0.15, 0.2) is 54.6 Å². The van der Waals surface area contributed by atoms with Gasteiger partial charge in [0, 0.05) is 18.8 Å². The quantitative estimate of drug-likeness (QED) is 0.776. The van der Waals surface area contributed by atoms with E-state index < -0.39 is 0 Å². The molecular formula is C21H25N3OS. The van der Waals surface area contributed by atoms with Gasteiger partial charge in [-0.3, -0.25) is 4.79 Å². The van der Waals surface area contributed by atoms with Crippen LogP contribution in [0.1, 0.15) is 42.5 Å². The molecule has 3 rings (SSSR count). The number of carbonyl (C=O) groups is 1. The fourth-order valence-corrected chi connectivity index (χ4v) is 3.52. The van der Waals surface area contributed by atoms with Crippen molar-refractivity contribution >= 4 is 34.6 Å². The van der Waals surface area contributed by atoms with E-state index in [0.717, 1.165) is 24.2 Å². The SMILES string of the molecule is CN(C(=S)Nc1ccccc1)c1ccccc1C(=O)NC1CCCCC1. The number of anilines is 2. The average molecular weight is 368 g/mol. The van der Waals surface area contributed by atoms with Crippen molar-refractivity contribution in [2.45, 2.75) is 38.1 Å². The molecule has 1 aliphatic carbocycles. The van der Waals surface area contributed by atoms with E-state index in [9.17, 15) is 4.79 Å². The molecule has 0 saturated heterocycles. The molecule has 1 amide bonds. The number of hydrogen-bond donors (Lipinski definition) is 2. The summed E-state index contributed by atoms with van der Waals surface area (Å²) in [6.07, 6.45) is 5.79. The molecule has 26 heavy (non-hydrogen) atoms. The molecule has 4 nitrogen and oxygen atoms in total. The van der Waals surface area contributed by atoms with Crippen molar-refractivity contribution in [3.63, 3.8) is 0 Å². The Morgan fingerprint density at radius 3 is 2.38 bits per heavy atom. The van der Waals surface area contributed by atoms with E-state index in [-0.39, 0.29) is 11.9 Å².